The molecule has 2 heterocycles. The van der Waals surface area contributed by atoms with Gasteiger partial charge >= 0.3 is 18.2 Å². The summed E-state index contributed by atoms with van der Waals surface area (Å²) in [4.78, 5) is 29.1. The number of halogens is 4. The van der Waals surface area contributed by atoms with E-state index in [-0.39, 0.29) is 43.5 Å². The van der Waals surface area contributed by atoms with Crippen molar-refractivity contribution in [3.05, 3.63) is 71.5 Å². The zero-order chi connectivity index (χ0) is 26.6. The van der Waals surface area contributed by atoms with Crippen molar-refractivity contribution in [2.24, 2.45) is 5.92 Å². The number of hydrogen-bond donors (Lipinski definition) is 0. The predicted octanol–water partition coefficient (Wildman–Crippen LogP) is 5.01. The third-order valence-electron chi connectivity index (χ3n) is 7.21. The normalized spacial score (nSPS) is 20.5. The highest BCUT2D eigenvalue weighted by atomic mass is 19.4. The number of carbonyl (C=O) groups excluding carboxylic acids is 2. The van der Waals surface area contributed by atoms with Gasteiger partial charge in [-0.2, -0.15) is 13.2 Å². The minimum absolute atomic E-state index is 0.00498. The molecule has 2 saturated heterocycles. The number of alkyl halides is 3. The highest BCUT2D eigenvalue weighted by molar-refractivity contribution is 5.81. The first-order valence-corrected chi connectivity index (χ1v) is 12.5. The number of likely N-dealkylation sites (tertiary alicyclic amines) is 1. The van der Waals surface area contributed by atoms with Crippen LogP contribution in [0.1, 0.15) is 36.9 Å². The molecule has 0 radical (unpaired) electrons. The van der Waals surface area contributed by atoms with Gasteiger partial charge in [0.15, 0.2) is 0 Å². The minimum atomic E-state index is -4.89. The summed E-state index contributed by atoms with van der Waals surface area (Å²) in [6, 6.07) is 15.3. The van der Waals surface area contributed by atoms with Crippen LogP contribution in [-0.2, 0) is 16.1 Å². The zero-order valence-electron chi connectivity index (χ0n) is 20.7. The Labute approximate surface area is 213 Å². The van der Waals surface area contributed by atoms with E-state index in [1.165, 1.54) is 12.1 Å². The van der Waals surface area contributed by atoms with Gasteiger partial charge in [-0.05, 0) is 48.9 Å². The summed E-state index contributed by atoms with van der Waals surface area (Å²) >= 11 is 0. The Hall–Kier alpha value is -3.14. The predicted molar refractivity (Wildman–Crippen MR) is 129 cm³/mol. The summed E-state index contributed by atoms with van der Waals surface area (Å²) in [5.41, 5.74) is 1.64. The number of carbonyl (C=O) groups is 2. The summed E-state index contributed by atoms with van der Waals surface area (Å²) in [6.07, 6.45) is -4.56. The molecule has 2 atom stereocenters. The van der Waals surface area contributed by atoms with Crippen molar-refractivity contribution in [1.29, 1.82) is 0 Å². The van der Waals surface area contributed by atoms with Crippen LogP contribution in [0.5, 0.6) is 0 Å². The van der Waals surface area contributed by atoms with Gasteiger partial charge in [0.05, 0.1) is 0 Å². The van der Waals surface area contributed by atoms with Gasteiger partial charge in [0.1, 0.15) is 12.4 Å². The Bertz CT molecular complexity index is 1070. The van der Waals surface area contributed by atoms with E-state index in [1.807, 2.05) is 43.3 Å². The Morgan fingerprint density at radius 2 is 1.68 bits per heavy atom. The van der Waals surface area contributed by atoms with Crippen LogP contribution in [0.15, 0.2) is 54.6 Å². The lowest BCUT2D eigenvalue weighted by molar-refractivity contribution is -0.187. The molecule has 2 fully saturated rings. The van der Waals surface area contributed by atoms with E-state index in [0.717, 1.165) is 16.0 Å². The Kier molecular flexibility index (Phi) is 8.36. The summed E-state index contributed by atoms with van der Waals surface area (Å²) in [7, 11) is 0. The third kappa shape index (κ3) is 6.60. The average Bonchev–Trinajstić information content (AvgIpc) is 2.88. The maximum atomic E-state index is 14.2. The molecule has 2 aromatic rings. The molecule has 10 heteroatoms. The van der Waals surface area contributed by atoms with Gasteiger partial charge in [0, 0.05) is 44.8 Å². The summed E-state index contributed by atoms with van der Waals surface area (Å²) in [6.45, 7) is 3.47. The van der Waals surface area contributed by atoms with E-state index in [4.69, 9.17) is 4.74 Å². The number of nitrogens with zero attached hydrogens (tertiary/aromatic N) is 3. The number of amides is 2. The van der Waals surface area contributed by atoms with Crippen LogP contribution in [0, 0.1) is 11.7 Å². The SMILES string of the molecule is CC1CN(C(=O)OCc2ccccc2)CCN1[C@@H](c1cccc(F)c1)C1CCN(C(=O)C(F)(F)F)CC1. The van der Waals surface area contributed by atoms with Crippen molar-refractivity contribution in [3.8, 4) is 0 Å². The molecule has 0 saturated carbocycles. The van der Waals surface area contributed by atoms with Gasteiger partial charge in [-0.3, -0.25) is 9.69 Å². The highest BCUT2D eigenvalue weighted by Gasteiger charge is 2.45. The molecule has 1 unspecified atom stereocenters. The highest BCUT2D eigenvalue weighted by Crippen LogP contribution is 2.38. The monoisotopic (exact) mass is 521 g/mol. The Morgan fingerprint density at radius 3 is 2.30 bits per heavy atom. The van der Waals surface area contributed by atoms with E-state index in [2.05, 4.69) is 4.90 Å². The van der Waals surface area contributed by atoms with E-state index in [9.17, 15) is 27.2 Å². The molecule has 6 nitrogen and oxygen atoms in total. The molecule has 0 aromatic heterocycles. The zero-order valence-corrected chi connectivity index (χ0v) is 20.7. The van der Waals surface area contributed by atoms with Gasteiger partial charge in [0.25, 0.3) is 0 Å². The molecule has 0 N–H and O–H groups in total. The maximum Gasteiger partial charge on any atom is 0.471 e. The fraction of sp³-hybridized carbons (Fsp3) is 0.481. The lowest BCUT2D eigenvalue weighted by atomic mass is 9.83. The number of piperazine rings is 1. The van der Waals surface area contributed by atoms with Crippen LogP contribution < -0.4 is 0 Å². The Balaban J connectivity index is 1.44. The second kappa shape index (κ2) is 11.5. The minimum Gasteiger partial charge on any atom is -0.445 e. The molecule has 2 aromatic carbocycles. The fourth-order valence-corrected chi connectivity index (χ4v) is 5.38. The molecule has 0 spiro atoms. The van der Waals surface area contributed by atoms with Crippen molar-refractivity contribution in [2.75, 3.05) is 32.7 Å². The van der Waals surface area contributed by atoms with Crippen molar-refractivity contribution in [1.82, 2.24) is 14.7 Å². The number of rotatable bonds is 5. The van der Waals surface area contributed by atoms with Crippen LogP contribution in [0.4, 0.5) is 22.4 Å². The number of piperidine rings is 1. The average molecular weight is 522 g/mol. The molecule has 0 bridgehead atoms. The van der Waals surface area contributed by atoms with E-state index in [1.54, 1.807) is 11.0 Å². The molecule has 37 heavy (non-hydrogen) atoms. The summed E-state index contributed by atoms with van der Waals surface area (Å²) in [5.74, 6) is -2.27. The molecular weight excluding hydrogens is 490 g/mol. The molecule has 2 amide bonds. The van der Waals surface area contributed by atoms with Gasteiger partial charge in [-0.25, -0.2) is 9.18 Å². The molecule has 0 aliphatic carbocycles. The van der Waals surface area contributed by atoms with E-state index >= 15 is 0 Å². The van der Waals surface area contributed by atoms with Crippen molar-refractivity contribution >= 4 is 12.0 Å². The third-order valence-corrected chi connectivity index (χ3v) is 7.21. The van der Waals surface area contributed by atoms with E-state index < -0.39 is 18.2 Å². The number of hydrogen-bond acceptors (Lipinski definition) is 4. The summed E-state index contributed by atoms with van der Waals surface area (Å²) in [5, 5.41) is 0. The molecule has 200 valence electrons. The van der Waals surface area contributed by atoms with Crippen LogP contribution in [0.3, 0.4) is 0 Å². The van der Waals surface area contributed by atoms with Crippen molar-refractivity contribution in [3.63, 3.8) is 0 Å². The van der Waals surface area contributed by atoms with Crippen LogP contribution >= 0.6 is 0 Å². The molecule has 4 rings (SSSR count). The quantitative estimate of drug-likeness (QED) is 0.519. The topological polar surface area (TPSA) is 53.1 Å². The largest absolute Gasteiger partial charge is 0.471 e. The van der Waals surface area contributed by atoms with Crippen molar-refractivity contribution in [2.45, 2.75) is 44.6 Å². The lowest BCUT2D eigenvalue weighted by Crippen LogP contribution is -2.56. The first kappa shape index (κ1) is 26.9. The molecular formula is C27H31F4N3O3. The molecule has 2 aliphatic heterocycles. The van der Waals surface area contributed by atoms with Gasteiger partial charge in [0.2, 0.25) is 0 Å². The van der Waals surface area contributed by atoms with Crippen molar-refractivity contribution < 1.29 is 31.9 Å². The summed E-state index contributed by atoms with van der Waals surface area (Å²) < 4.78 is 58.4. The standard InChI is InChI=1S/C27H31F4N3O3/c1-19-17-33(26(36)37-18-20-6-3-2-4-7-20)14-15-34(19)24(22-8-5-9-23(28)16-22)21-10-12-32(13-11-21)25(35)27(29,30)31/h2-9,16,19,21,24H,10-15,17-18H2,1H3/t19?,24-/m1/s1. The van der Waals surface area contributed by atoms with Crippen LogP contribution in [-0.4, -0.2) is 71.6 Å². The molecule has 2 aliphatic rings. The smallest absolute Gasteiger partial charge is 0.445 e. The van der Waals surface area contributed by atoms with Crippen LogP contribution in [0.25, 0.3) is 0 Å². The first-order valence-electron chi connectivity index (χ1n) is 12.5. The first-order chi connectivity index (χ1) is 17.6. The second-order valence-corrected chi connectivity index (χ2v) is 9.70. The number of ether oxygens (including phenoxy) is 1. The van der Waals surface area contributed by atoms with E-state index in [0.29, 0.717) is 32.5 Å². The second-order valence-electron chi connectivity index (χ2n) is 9.70. The fourth-order valence-electron chi connectivity index (χ4n) is 5.38. The van der Waals surface area contributed by atoms with Gasteiger partial charge in [-0.1, -0.05) is 42.5 Å². The number of benzene rings is 2. The van der Waals surface area contributed by atoms with Crippen LogP contribution in [0.2, 0.25) is 0 Å². The van der Waals surface area contributed by atoms with Gasteiger partial charge in [-0.15, -0.1) is 0 Å². The lowest BCUT2D eigenvalue weighted by Gasteiger charge is -2.47. The maximum absolute atomic E-state index is 14.2. The Morgan fingerprint density at radius 1 is 0.973 bits per heavy atom. The van der Waals surface area contributed by atoms with Gasteiger partial charge < -0.3 is 14.5 Å².